The molecule has 0 unspecified atom stereocenters. The average Bonchev–Trinajstić information content (AvgIpc) is 3.21. The lowest BCUT2D eigenvalue weighted by Gasteiger charge is -2.10. The molecule has 0 amide bonds. The fourth-order valence-corrected chi connectivity index (χ4v) is 3.56. The fourth-order valence-electron chi connectivity index (χ4n) is 2.82. The molecular weight excluding hydrogens is 348 g/mol. The molecule has 2 aromatic heterocycles. The zero-order valence-corrected chi connectivity index (χ0v) is 15.6. The molecule has 0 saturated carbocycles. The van der Waals surface area contributed by atoms with E-state index in [-0.39, 0.29) is 0 Å². The molecule has 4 aromatic rings. The molecule has 0 aliphatic heterocycles. The van der Waals surface area contributed by atoms with Gasteiger partial charge in [-0.05, 0) is 37.1 Å². The van der Waals surface area contributed by atoms with Gasteiger partial charge in [-0.3, -0.25) is 0 Å². The van der Waals surface area contributed by atoms with E-state index in [4.69, 9.17) is 9.47 Å². The maximum absolute atomic E-state index is 6.00. The number of aromatic nitrogens is 4. The first-order chi connectivity index (χ1) is 12.7. The largest absolute Gasteiger partial charge is 0.497 e. The van der Waals surface area contributed by atoms with E-state index in [0.29, 0.717) is 12.4 Å². The van der Waals surface area contributed by atoms with Gasteiger partial charge in [0, 0.05) is 5.56 Å². The van der Waals surface area contributed by atoms with E-state index < -0.39 is 0 Å². The first-order valence-corrected chi connectivity index (χ1v) is 9.02. The molecule has 7 heteroatoms. The van der Waals surface area contributed by atoms with Crippen molar-refractivity contribution in [1.29, 1.82) is 0 Å². The van der Waals surface area contributed by atoms with Gasteiger partial charge in [0.1, 0.15) is 18.1 Å². The standard InChI is InChI=1S/C19H18N4O2S/c1-12-6-4-7-13(2)17(12)25-11-16-22-23-18(20-21-19(23)26-16)14-8-5-9-15(10-14)24-3/h4-10H,11H2,1-3H3. The minimum absolute atomic E-state index is 0.400. The van der Waals surface area contributed by atoms with E-state index >= 15 is 0 Å². The summed E-state index contributed by atoms with van der Waals surface area (Å²) < 4.78 is 13.0. The van der Waals surface area contributed by atoms with Gasteiger partial charge >= 0.3 is 0 Å². The third-order valence-electron chi connectivity index (χ3n) is 4.11. The minimum atomic E-state index is 0.400. The molecule has 0 saturated heterocycles. The number of methoxy groups -OCH3 is 1. The van der Waals surface area contributed by atoms with Crippen LogP contribution in [0.2, 0.25) is 0 Å². The number of fused-ring (bicyclic) bond motifs is 1. The molecule has 0 N–H and O–H groups in total. The summed E-state index contributed by atoms with van der Waals surface area (Å²) in [6, 6.07) is 13.8. The highest BCUT2D eigenvalue weighted by Gasteiger charge is 2.15. The molecule has 0 bridgehead atoms. The Balaban J connectivity index is 1.62. The number of rotatable bonds is 5. The molecule has 2 aromatic carbocycles. The number of benzene rings is 2. The second kappa shape index (κ2) is 6.76. The van der Waals surface area contributed by atoms with Crippen LogP contribution in [-0.4, -0.2) is 26.9 Å². The van der Waals surface area contributed by atoms with Crippen molar-refractivity contribution in [2.45, 2.75) is 20.5 Å². The number of para-hydroxylation sites is 1. The summed E-state index contributed by atoms with van der Waals surface area (Å²) >= 11 is 1.48. The lowest BCUT2D eigenvalue weighted by molar-refractivity contribution is 0.300. The topological polar surface area (TPSA) is 61.5 Å². The van der Waals surface area contributed by atoms with Crippen LogP contribution in [0.5, 0.6) is 11.5 Å². The van der Waals surface area contributed by atoms with Crippen molar-refractivity contribution in [3.05, 3.63) is 58.6 Å². The minimum Gasteiger partial charge on any atom is -0.497 e. The van der Waals surface area contributed by atoms with Gasteiger partial charge in [-0.2, -0.15) is 9.61 Å². The van der Waals surface area contributed by atoms with Gasteiger partial charge < -0.3 is 9.47 Å². The Morgan fingerprint density at radius 3 is 2.58 bits per heavy atom. The Morgan fingerprint density at radius 2 is 1.81 bits per heavy atom. The Bertz CT molecular complexity index is 1050. The van der Waals surface area contributed by atoms with E-state index in [9.17, 15) is 0 Å². The maximum atomic E-state index is 6.00. The number of nitrogens with zero attached hydrogens (tertiary/aromatic N) is 4. The highest BCUT2D eigenvalue weighted by molar-refractivity contribution is 7.16. The molecular formula is C19H18N4O2S. The predicted molar refractivity (Wildman–Crippen MR) is 101 cm³/mol. The van der Waals surface area contributed by atoms with Crippen LogP contribution >= 0.6 is 11.3 Å². The van der Waals surface area contributed by atoms with E-state index in [1.54, 1.807) is 11.6 Å². The van der Waals surface area contributed by atoms with Gasteiger partial charge in [0.2, 0.25) is 4.96 Å². The van der Waals surface area contributed by atoms with Crippen molar-refractivity contribution in [2.24, 2.45) is 0 Å². The first kappa shape index (κ1) is 16.5. The van der Waals surface area contributed by atoms with E-state index in [2.05, 4.69) is 15.3 Å². The second-order valence-electron chi connectivity index (χ2n) is 5.96. The molecule has 0 aliphatic rings. The zero-order valence-electron chi connectivity index (χ0n) is 14.8. The average molecular weight is 366 g/mol. The summed E-state index contributed by atoms with van der Waals surface area (Å²) in [6.07, 6.45) is 0. The van der Waals surface area contributed by atoms with Crippen molar-refractivity contribution in [3.63, 3.8) is 0 Å². The van der Waals surface area contributed by atoms with E-state index in [0.717, 1.165) is 38.2 Å². The molecule has 2 heterocycles. The van der Waals surface area contributed by atoms with E-state index in [1.165, 1.54) is 11.3 Å². The van der Waals surface area contributed by atoms with Crippen molar-refractivity contribution in [2.75, 3.05) is 7.11 Å². The molecule has 0 fully saturated rings. The lowest BCUT2D eigenvalue weighted by atomic mass is 10.1. The van der Waals surface area contributed by atoms with Crippen molar-refractivity contribution >= 4 is 16.3 Å². The van der Waals surface area contributed by atoms with Gasteiger partial charge in [0.25, 0.3) is 0 Å². The summed E-state index contributed by atoms with van der Waals surface area (Å²) in [5.41, 5.74) is 3.14. The first-order valence-electron chi connectivity index (χ1n) is 8.20. The summed E-state index contributed by atoms with van der Waals surface area (Å²) in [7, 11) is 1.64. The lowest BCUT2D eigenvalue weighted by Crippen LogP contribution is -2.00. The van der Waals surface area contributed by atoms with Gasteiger partial charge in [-0.1, -0.05) is 41.7 Å². The Hall–Kier alpha value is -2.93. The van der Waals surface area contributed by atoms with Crippen molar-refractivity contribution in [3.8, 4) is 22.9 Å². The number of hydrogen-bond acceptors (Lipinski definition) is 6. The number of hydrogen-bond donors (Lipinski definition) is 0. The third-order valence-corrected chi connectivity index (χ3v) is 4.98. The van der Waals surface area contributed by atoms with Gasteiger partial charge in [-0.15, -0.1) is 10.2 Å². The second-order valence-corrected chi connectivity index (χ2v) is 7.00. The van der Waals surface area contributed by atoms with Gasteiger partial charge in [0.05, 0.1) is 7.11 Å². The predicted octanol–water partition coefficient (Wildman–Crippen LogP) is 4.06. The monoisotopic (exact) mass is 366 g/mol. The third kappa shape index (κ3) is 3.01. The quantitative estimate of drug-likeness (QED) is 0.533. The molecule has 6 nitrogen and oxygen atoms in total. The van der Waals surface area contributed by atoms with E-state index in [1.807, 2.05) is 56.3 Å². The molecule has 4 rings (SSSR count). The molecule has 132 valence electrons. The Morgan fingerprint density at radius 1 is 1.04 bits per heavy atom. The number of aryl methyl sites for hydroxylation is 2. The SMILES string of the molecule is COc1cccc(-c2nnc3sc(COc4c(C)cccc4C)nn23)c1. The van der Waals surface area contributed by atoms with Gasteiger partial charge in [-0.25, -0.2) is 0 Å². The normalized spacial score (nSPS) is 11.0. The van der Waals surface area contributed by atoms with Crippen LogP contribution in [0.25, 0.3) is 16.3 Å². The van der Waals surface area contributed by atoms with Crippen LogP contribution in [0.15, 0.2) is 42.5 Å². The fraction of sp³-hybridized carbons (Fsp3) is 0.211. The molecule has 0 radical (unpaired) electrons. The molecule has 0 spiro atoms. The zero-order chi connectivity index (χ0) is 18.1. The van der Waals surface area contributed by atoms with Crippen LogP contribution in [0.4, 0.5) is 0 Å². The smallest absolute Gasteiger partial charge is 0.235 e. The van der Waals surface area contributed by atoms with Crippen LogP contribution in [0.1, 0.15) is 16.1 Å². The van der Waals surface area contributed by atoms with Crippen LogP contribution in [-0.2, 0) is 6.61 Å². The molecule has 0 aliphatic carbocycles. The molecule has 0 atom stereocenters. The van der Waals surface area contributed by atoms with Gasteiger partial charge in [0.15, 0.2) is 10.8 Å². The van der Waals surface area contributed by atoms with Crippen LogP contribution in [0, 0.1) is 13.8 Å². The summed E-state index contributed by atoms with van der Waals surface area (Å²) in [6.45, 7) is 4.49. The van der Waals surface area contributed by atoms with Crippen molar-refractivity contribution < 1.29 is 9.47 Å². The Kier molecular flexibility index (Phi) is 4.30. The van der Waals surface area contributed by atoms with Crippen molar-refractivity contribution in [1.82, 2.24) is 19.8 Å². The summed E-state index contributed by atoms with van der Waals surface area (Å²) in [5.74, 6) is 2.37. The molecule has 26 heavy (non-hydrogen) atoms. The Labute approximate surface area is 155 Å². The van der Waals surface area contributed by atoms with Crippen LogP contribution < -0.4 is 9.47 Å². The van der Waals surface area contributed by atoms with Crippen LogP contribution in [0.3, 0.4) is 0 Å². The maximum Gasteiger partial charge on any atom is 0.235 e. The summed E-state index contributed by atoms with van der Waals surface area (Å²) in [5, 5.41) is 14.0. The summed E-state index contributed by atoms with van der Waals surface area (Å²) in [4.78, 5) is 0.739. The highest BCUT2D eigenvalue weighted by Crippen LogP contribution is 2.27. The highest BCUT2D eigenvalue weighted by atomic mass is 32.1. The number of ether oxygens (including phenoxy) is 2.